The molecular formula is C15H9Cl2F3N2OS. The fourth-order valence-electron chi connectivity index (χ4n) is 2.29. The molecule has 2 aromatic rings. The second-order valence-corrected chi connectivity index (χ2v) is 6.92. The molecule has 9 heteroatoms. The maximum atomic E-state index is 13.0. The Kier molecular flexibility index (Phi) is 4.68. The average molecular weight is 393 g/mol. The van der Waals surface area contributed by atoms with Crippen molar-refractivity contribution < 1.29 is 18.0 Å². The standard InChI is InChI=1S/C15H9Cl2F3N2OS/c16-9-4-12-14(21-5-9)22(13(23)7-24-12)6-8-1-2-11(17)10(3-8)15(18,19)20/h1-5H,6-7H2. The smallest absolute Gasteiger partial charge is 0.291 e. The van der Waals surface area contributed by atoms with E-state index >= 15 is 0 Å². The van der Waals surface area contributed by atoms with Crippen LogP contribution in [0.1, 0.15) is 11.1 Å². The van der Waals surface area contributed by atoms with E-state index in [0.717, 1.165) is 6.07 Å². The SMILES string of the molecule is O=C1CSc2cc(Cl)cnc2N1Cc1ccc(Cl)c(C(F)(F)F)c1. The van der Waals surface area contributed by atoms with Crippen molar-refractivity contribution in [2.45, 2.75) is 17.6 Å². The maximum Gasteiger partial charge on any atom is 0.417 e. The van der Waals surface area contributed by atoms with Gasteiger partial charge in [0.1, 0.15) is 5.82 Å². The monoisotopic (exact) mass is 392 g/mol. The van der Waals surface area contributed by atoms with E-state index in [1.54, 1.807) is 6.07 Å². The van der Waals surface area contributed by atoms with Gasteiger partial charge in [0.2, 0.25) is 5.91 Å². The van der Waals surface area contributed by atoms with Gasteiger partial charge in [-0.2, -0.15) is 13.2 Å². The molecule has 0 bridgehead atoms. The van der Waals surface area contributed by atoms with Gasteiger partial charge in [-0.1, -0.05) is 29.3 Å². The first kappa shape index (κ1) is 17.4. The molecule has 2 heterocycles. The zero-order valence-corrected chi connectivity index (χ0v) is 14.2. The summed E-state index contributed by atoms with van der Waals surface area (Å²) in [5.74, 6) is 0.337. The van der Waals surface area contributed by atoms with Crippen LogP contribution in [0.25, 0.3) is 0 Å². The number of benzene rings is 1. The second-order valence-electron chi connectivity index (χ2n) is 5.06. The number of alkyl halides is 3. The quantitative estimate of drug-likeness (QED) is 0.716. The van der Waals surface area contributed by atoms with Crippen LogP contribution in [0.4, 0.5) is 19.0 Å². The van der Waals surface area contributed by atoms with Gasteiger partial charge < -0.3 is 0 Å². The van der Waals surface area contributed by atoms with Crippen molar-refractivity contribution in [2.24, 2.45) is 0 Å². The van der Waals surface area contributed by atoms with Gasteiger partial charge >= 0.3 is 6.18 Å². The molecule has 1 aliphatic rings. The van der Waals surface area contributed by atoms with Crippen molar-refractivity contribution in [1.29, 1.82) is 0 Å². The van der Waals surface area contributed by atoms with Crippen molar-refractivity contribution in [2.75, 3.05) is 10.7 Å². The van der Waals surface area contributed by atoms with Crippen molar-refractivity contribution in [1.82, 2.24) is 4.98 Å². The Bertz CT molecular complexity index is 814. The van der Waals surface area contributed by atoms with Crippen molar-refractivity contribution in [3.63, 3.8) is 0 Å². The van der Waals surface area contributed by atoms with Crippen LogP contribution >= 0.6 is 35.0 Å². The third-order valence-electron chi connectivity index (χ3n) is 3.38. The highest BCUT2D eigenvalue weighted by atomic mass is 35.5. The largest absolute Gasteiger partial charge is 0.417 e. The van der Waals surface area contributed by atoms with Gasteiger partial charge in [0.15, 0.2) is 0 Å². The number of fused-ring (bicyclic) bond motifs is 1. The molecule has 126 valence electrons. The molecule has 0 aliphatic carbocycles. The van der Waals surface area contributed by atoms with Crippen LogP contribution in [-0.4, -0.2) is 16.6 Å². The Morgan fingerprint density at radius 2 is 2.00 bits per heavy atom. The summed E-state index contributed by atoms with van der Waals surface area (Å²) in [6.07, 6.45) is -3.16. The van der Waals surface area contributed by atoms with Crippen LogP contribution in [0, 0.1) is 0 Å². The number of rotatable bonds is 2. The molecule has 3 rings (SSSR count). The average Bonchev–Trinajstić information content (AvgIpc) is 2.50. The molecule has 1 aromatic heterocycles. The first-order valence-corrected chi connectivity index (χ1v) is 8.44. The Hall–Kier alpha value is -1.44. The molecule has 0 saturated heterocycles. The number of carbonyl (C=O) groups excluding carboxylic acids is 1. The van der Waals surface area contributed by atoms with E-state index in [0.29, 0.717) is 21.3 Å². The van der Waals surface area contributed by atoms with E-state index in [-0.39, 0.29) is 23.2 Å². The van der Waals surface area contributed by atoms with Crippen LogP contribution in [-0.2, 0) is 17.5 Å². The van der Waals surface area contributed by atoms with E-state index in [4.69, 9.17) is 23.2 Å². The molecule has 0 spiro atoms. The van der Waals surface area contributed by atoms with Gasteiger partial charge in [-0.05, 0) is 23.8 Å². The number of aromatic nitrogens is 1. The number of hydrogen-bond acceptors (Lipinski definition) is 3. The van der Waals surface area contributed by atoms with Crippen LogP contribution in [0.3, 0.4) is 0 Å². The van der Waals surface area contributed by atoms with Crippen LogP contribution < -0.4 is 4.90 Å². The van der Waals surface area contributed by atoms with Gasteiger partial charge in [-0.15, -0.1) is 11.8 Å². The van der Waals surface area contributed by atoms with Gasteiger partial charge in [0.25, 0.3) is 0 Å². The van der Waals surface area contributed by atoms with Gasteiger partial charge in [-0.25, -0.2) is 4.98 Å². The van der Waals surface area contributed by atoms with Crippen molar-refractivity contribution >= 4 is 46.7 Å². The molecule has 0 fully saturated rings. The predicted octanol–water partition coefficient (Wildman–Crippen LogP) is 5.05. The lowest BCUT2D eigenvalue weighted by molar-refractivity contribution is -0.137. The Labute approximate surface area is 149 Å². The number of hydrogen-bond donors (Lipinski definition) is 0. The topological polar surface area (TPSA) is 33.2 Å². The van der Waals surface area contributed by atoms with Gasteiger partial charge in [-0.3, -0.25) is 9.69 Å². The molecule has 0 radical (unpaired) electrons. The third kappa shape index (κ3) is 3.48. The molecule has 0 saturated carbocycles. The minimum absolute atomic E-state index is 0.0265. The molecule has 0 atom stereocenters. The zero-order valence-electron chi connectivity index (χ0n) is 11.9. The summed E-state index contributed by atoms with van der Waals surface area (Å²) in [5.41, 5.74) is -0.612. The number of pyridine rings is 1. The van der Waals surface area contributed by atoms with Crippen LogP contribution in [0.2, 0.25) is 10.0 Å². The Morgan fingerprint density at radius 1 is 1.25 bits per heavy atom. The Morgan fingerprint density at radius 3 is 2.71 bits per heavy atom. The first-order chi connectivity index (χ1) is 11.3. The summed E-state index contributed by atoms with van der Waals surface area (Å²) in [7, 11) is 0. The lowest BCUT2D eigenvalue weighted by Crippen LogP contribution is -2.35. The van der Waals surface area contributed by atoms with E-state index in [9.17, 15) is 18.0 Å². The van der Waals surface area contributed by atoms with E-state index in [1.807, 2.05) is 0 Å². The van der Waals surface area contributed by atoms with E-state index in [2.05, 4.69) is 4.98 Å². The minimum atomic E-state index is -4.56. The number of halogens is 5. The Balaban J connectivity index is 1.96. The van der Waals surface area contributed by atoms with Crippen molar-refractivity contribution in [3.8, 4) is 0 Å². The lowest BCUT2D eigenvalue weighted by atomic mass is 10.1. The summed E-state index contributed by atoms with van der Waals surface area (Å²) in [5, 5.41) is 0.0542. The lowest BCUT2D eigenvalue weighted by Gasteiger charge is -2.28. The number of amides is 1. The number of thioether (sulfide) groups is 1. The third-order valence-corrected chi connectivity index (χ3v) is 4.92. The van der Waals surface area contributed by atoms with E-state index < -0.39 is 11.7 Å². The number of anilines is 1. The summed E-state index contributed by atoms with van der Waals surface area (Å²) < 4.78 is 38.9. The normalized spacial score (nSPS) is 14.7. The summed E-state index contributed by atoms with van der Waals surface area (Å²) in [6.45, 7) is -0.0265. The molecule has 1 aliphatic heterocycles. The highest BCUT2D eigenvalue weighted by Gasteiger charge is 2.34. The first-order valence-electron chi connectivity index (χ1n) is 6.70. The molecule has 0 N–H and O–H groups in total. The van der Waals surface area contributed by atoms with E-state index in [1.165, 1.54) is 35.0 Å². The molecular weight excluding hydrogens is 384 g/mol. The number of nitrogens with zero attached hydrogens (tertiary/aromatic N) is 2. The van der Waals surface area contributed by atoms with Gasteiger partial charge in [0, 0.05) is 6.20 Å². The molecule has 1 aromatic carbocycles. The maximum absolute atomic E-state index is 13.0. The minimum Gasteiger partial charge on any atom is -0.291 e. The molecule has 3 nitrogen and oxygen atoms in total. The molecule has 1 amide bonds. The van der Waals surface area contributed by atoms with Crippen molar-refractivity contribution in [3.05, 3.63) is 51.6 Å². The summed E-state index contributed by atoms with van der Waals surface area (Å²) in [6, 6.07) is 5.27. The highest BCUT2D eigenvalue weighted by molar-refractivity contribution is 8.00. The fraction of sp³-hybridized carbons (Fsp3) is 0.200. The second kappa shape index (κ2) is 6.46. The summed E-state index contributed by atoms with van der Waals surface area (Å²) in [4.78, 5) is 18.4. The van der Waals surface area contributed by atoms with Gasteiger partial charge in [0.05, 0.1) is 32.8 Å². The fourth-order valence-corrected chi connectivity index (χ4v) is 3.68. The molecule has 24 heavy (non-hydrogen) atoms. The van der Waals surface area contributed by atoms with Crippen LogP contribution in [0.5, 0.6) is 0 Å². The zero-order chi connectivity index (χ0) is 17.5. The predicted molar refractivity (Wildman–Crippen MR) is 87.6 cm³/mol. The van der Waals surface area contributed by atoms with Crippen LogP contribution in [0.15, 0.2) is 35.4 Å². The highest BCUT2D eigenvalue weighted by Crippen LogP contribution is 2.38. The summed E-state index contributed by atoms with van der Waals surface area (Å²) >= 11 is 12.8. The number of carbonyl (C=O) groups is 1. The molecule has 0 unspecified atom stereocenters.